The van der Waals surface area contributed by atoms with E-state index in [9.17, 15) is 0 Å². The zero-order valence-corrected chi connectivity index (χ0v) is 17.5. The standard InChI is InChI=1S/C20H21Cl2N5O2/c1-28-16-6-3-12(9-17(16)29-2)7-8-24-19-18(23)20(26-11-25-19)27-15-10-13(21)4-5-14(15)22/h3-6,9-11H,7-8,23H2,1-2H3,(H2,24,25,26,27). The summed E-state index contributed by atoms with van der Waals surface area (Å²) in [5, 5.41) is 7.39. The monoisotopic (exact) mass is 433 g/mol. The Morgan fingerprint density at radius 2 is 1.72 bits per heavy atom. The lowest BCUT2D eigenvalue weighted by molar-refractivity contribution is 0.354. The van der Waals surface area contributed by atoms with Gasteiger partial charge in [0.25, 0.3) is 0 Å². The number of benzene rings is 2. The van der Waals surface area contributed by atoms with Gasteiger partial charge in [0.15, 0.2) is 23.1 Å². The molecule has 4 N–H and O–H groups in total. The molecule has 0 bridgehead atoms. The van der Waals surface area contributed by atoms with Crippen molar-refractivity contribution >= 4 is 46.2 Å². The minimum atomic E-state index is 0.385. The number of halogens is 2. The Hall–Kier alpha value is -2.90. The molecule has 3 aromatic rings. The Balaban J connectivity index is 1.68. The number of nitrogen functional groups attached to an aromatic ring is 1. The molecule has 0 unspecified atom stereocenters. The predicted molar refractivity (Wildman–Crippen MR) is 118 cm³/mol. The van der Waals surface area contributed by atoms with Crippen molar-refractivity contribution in [3.8, 4) is 11.5 Å². The number of rotatable bonds is 8. The third kappa shape index (κ3) is 5.13. The van der Waals surface area contributed by atoms with Crippen LogP contribution in [0.5, 0.6) is 11.5 Å². The molecular formula is C20H21Cl2N5O2. The lowest BCUT2D eigenvalue weighted by Crippen LogP contribution is -2.11. The zero-order chi connectivity index (χ0) is 20.8. The van der Waals surface area contributed by atoms with E-state index in [0.717, 1.165) is 12.0 Å². The van der Waals surface area contributed by atoms with E-state index in [4.69, 9.17) is 38.4 Å². The molecule has 0 aliphatic carbocycles. The number of hydrogen-bond donors (Lipinski definition) is 3. The summed E-state index contributed by atoms with van der Waals surface area (Å²) >= 11 is 12.2. The summed E-state index contributed by atoms with van der Waals surface area (Å²) in [5.41, 5.74) is 8.31. The van der Waals surface area contributed by atoms with Gasteiger partial charge in [-0.3, -0.25) is 0 Å². The summed E-state index contributed by atoms with van der Waals surface area (Å²) in [7, 11) is 3.22. The SMILES string of the molecule is COc1ccc(CCNc2ncnc(Nc3cc(Cl)ccc3Cl)c2N)cc1OC. The van der Waals surface area contributed by atoms with E-state index < -0.39 is 0 Å². The van der Waals surface area contributed by atoms with E-state index in [1.54, 1.807) is 32.4 Å². The quantitative estimate of drug-likeness (QED) is 0.470. The lowest BCUT2D eigenvalue weighted by Gasteiger charge is -2.14. The van der Waals surface area contributed by atoms with E-state index in [1.807, 2.05) is 18.2 Å². The zero-order valence-electron chi connectivity index (χ0n) is 16.0. The number of nitrogens with zero attached hydrogens (tertiary/aromatic N) is 2. The third-order valence-electron chi connectivity index (χ3n) is 4.22. The van der Waals surface area contributed by atoms with Crippen molar-refractivity contribution in [2.24, 2.45) is 0 Å². The van der Waals surface area contributed by atoms with Crippen LogP contribution in [0.3, 0.4) is 0 Å². The topological polar surface area (TPSA) is 94.3 Å². The molecule has 0 spiro atoms. The summed E-state index contributed by atoms with van der Waals surface area (Å²) in [6, 6.07) is 10.9. The highest BCUT2D eigenvalue weighted by molar-refractivity contribution is 6.35. The second kappa shape index (κ2) is 9.54. The Morgan fingerprint density at radius 3 is 2.48 bits per heavy atom. The molecule has 0 fully saturated rings. The fourth-order valence-electron chi connectivity index (χ4n) is 2.72. The van der Waals surface area contributed by atoms with Crippen molar-refractivity contribution < 1.29 is 9.47 Å². The molecule has 0 saturated carbocycles. The van der Waals surface area contributed by atoms with Crippen LogP contribution in [0.15, 0.2) is 42.7 Å². The van der Waals surface area contributed by atoms with Crippen LogP contribution in [0.4, 0.5) is 23.0 Å². The first kappa shape index (κ1) is 20.8. The third-order valence-corrected chi connectivity index (χ3v) is 4.78. The molecule has 0 atom stereocenters. The molecule has 0 saturated heterocycles. The first-order valence-corrected chi connectivity index (χ1v) is 9.54. The average Bonchev–Trinajstić information content (AvgIpc) is 2.73. The number of nitrogens with two attached hydrogens (primary N) is 1. The fourth-order valence-corrected chi connectivity index (χ4v) is 3.06. The van der Waals surface area contributed by atoms with Gasteiger partial charge in [0.1, 0.15) is 12.0 Å². The predicted octanol–water partition coefficient (Wildman–Crippen LogP) is 4.78. The molecule has 3 rings (SSSR count). The average molecular weight is 434 g/mol. The lowest BCUT2D eigenvalue weighted by atomic mass is 10.1. The molecule has 9 heteroatoms. The molecule has 0 aliphatic rings. The van der Waals surface area contributed by atoms with Crippen molar-refractivity contribution in [3.05, 3.63) is 58.3 Å². The molecule has 1 heterocycles. The second-order valence-corrected chi connectivity index (χ2v) is 6.94. The van der Waals surface area contributed by atoms with Gasteiger partial charge in [-0.15, -0.1) is 0 Å². The molecular weight excluding hydrogens is 413 g/mol. The smallest absolute Gasteiger partial charge is 0.160 e. The minimum Gasteiger partial charge on any atom is -0.493 e. The number of aromatic nitrogens is 2. The van der Waals surface area contributed by atoms with Gasteiger partial charge in [0.05, 0.1) is 24.9 Å². The summed E-state index contributed by atoms with van der Waals surface area (Å²) in [6.45, 7) is 0.619. The highest BCUT2D eigenvalue weighted by Gasteiger charge is 2.11. The maximum absolute atomic E-state index is 6.22. The second-order valence-electron chi connectivity index (χ2n) is 6.10. The Labute approximate surface area is 179 Å². The molecule has 7 nitrogen and oxygen atoms in total. The first-order valence-electron chi connectivity index (χ1n) is 8.79. The van der Waals surface area contributed by atoms with Crippen LogP contribution < -0.4 is 25.8 Å². The Morgan fingerprint density at radius 1 is 0.966 bits per heavy atom. The van der Waals surface area contributed by atoms with Gasteiger partial charge >= 0.3 is 0 Å². The number of ether oxygens (including phenoxy) is 2. The number of anilines is 4. The molecule has 0 radical (unpaired) electrons. The first-order chi connectivity index (χ1) is 14.0. The van der Waals surface area contributed by atoms with Crippen molar-refractivity contribution in [1.82, 2.24) is 9.97 Å². The highest BCUT2D eigenvalue weighted by atomic mass is 35.5. The van der Waals surface area contributed by atoms with Gasteiger partial charge in [0, 0.05) is 11.6 Å². The maximum atomic E-state index is 6.22. The van der Waals surface area contributed by atoms with Crippen molar-refractivity contribution in [3.63, 3.8) is 0 Å². The summed E-state index contributed by atoms with van der Waals surface area (Å²) in [5.74, 6) is 2.36. The van der Waals surface area contributed by atoms with Gasteiger partial charge in [0.2, 0.25) is 0 Å². The van der Waals surface area contributed by atoms with E-state index in [-0.39, 0.29) is 0 Å². The van der Waals surface area contributed by atoms with Crippen molar-refractivity contribution in [2.75, 3.05) is 37.1 Å². The summed E-state index contributed by atoms with van der Waals surface area (Å²) < 4.78 is 10.6. The van der Waals surface area contributed by atoms with Crippen LogP contribution in [0, 0.1) is 0 Å². The number of nitrogens with one attached hydrogen (secondary N) is 2. The van der Waals surface area contributed by atoms with Gasteiger partial charge in [-0.25, -0.2) is 9.97 Å². The van der Waals surface area contributed by atoms with Crippen LogP contribution in [0.1, 0.15) is 5.56 Å². The van der Waals surface area contributed by atoms with Gasteiger partial charge in [-0.05, 0) is 42.3 Å². The van der Waals surface area contributed by atoms with Crippen LogP contribution in [-0.2, 0) is 6.42 Å². The molecule has 2 aromatic carbocycles. The summed E-state index contributed by atoms with van der Waals surface area (Å²) in [6.07, 6.45) is 2.17. The van der Waals surface area contributed by atoms with Crippen LogP contribution in [-0.4, -0.2) is 30.7 Å². The van der Waals surface area contributed by atoms with E-state index >= 15 is 0 Å². The van der Waals surface area contributed by atoms with E-state index in [1.165, 1.54) is 6.33 Å². The molecule has 0 aliphatic heterocycles. The molecule has 29 heavy (non-hydrogen) atoms. The van der Waals surface area contributed by atoms with Crippen molar-refractivity contribution in [1.29, 1.82) is 0 Å². The van der Waals surface area contributed by atoms with Crippen LogP contribution >= 0.6 is 23.2 Å². The molecule has 1 aromatic heterocycles. The normalized spacial score (nSPS) is 10.5. The molecule has 0 amide bonds. The number of hydrogen-bond acceptors (Lipinski definition) is 7. The van der Waals surface area contributed by atoms with Crippen LogP contribution in [0.25, 0.3) is 0 Å². The summed E-state index contributed by atoms with van der Waals surface area (Å²) in [4.78, 5) is 8.42. The van der Waals surface area contributed by atoms with Gasteiger partial charge in [-0.2, -0.15) is 0 Å². The maximum Gasteiger partial charge on any atom is 0.160 e. The highest BCUT2D eigenvalue weighted by Crippen LogP contribution is 2.32. The van der Waals surface area contributed by atoms with Gasteiger partial charge < -0.3 is 25.8 Å². The Bertz CT molecular complexity index is 1000. The molecule has 152 valence electrons. The van der Waals surface area contributed by atoms with Gasteiger partial charge in [-0.1, -0.05) is 29.3 Å². The Kier molecular flexibility index (Phi) is 6.85. The largest absolute Gasteiger partial charge is 0.493 e. The minimum absolute atomic E-state index is 0.385. The number of methoxy groups -OCH3 is 2. The fraction of sp³-hybridized carbons (Fsp3) is 0.200. The van der Waals surface area contributed by atoms with E-state index in [2.05, 4.69) is 20.6 Å². The van der Waals surface area contributed by atoms with Crippen molar-refractivity contribution in [2.45, 2.75) is 6.42 Å². The van der Waals surface area contributed by atoms with Crippen LogP contribution in [0.2, 0.25) is 10.0 Å². The van der Waals surface area contributed by atoms with E-state index in [0.29, 0.717) is 51.1 Å².